The van der Waals surface area contributed by atoms with Crippen LogP contribution in [0.3, 0.4) is 0 Å². The molecule has 0 radical (unpaired) electrons. The summed E-state index contributed by atoms with van der Waals surface area (Å²) < 4.78 is 11.3. The summed E-state index contributed by atoms with van der Waals surface area (Å²) in [6, 6.07) is 22.4. The average molecular weight is 418 g/mol. The quantitative estimate of drug-likeness (QED) is 0.505. The minimum atomic E-state index is -1.05. The van der Waals surface area contributed by atoms with Crippen LogP contribution in [0.2, 0.25) is 0 Å². The van der Waals surface area contributed by atoms with Crippen LogP contribution < -0.4 is 10.1 Å². The van der Waals surface area contributed by atoms with Crippen molar-refractivity contribution < 1.29 is 19.1 Å². The summed E-state index contributed by atoms with van der Waals surface area (Å²) in [6.45, 7) is 5.99. The number of nitrogens with one attached hydrogen (secondary N) is 1. The van der Waals surface area contributed by atoms with Gasteiger partial charge in [0, 0.05) is 11.3 Å². The molecule has 0 aliphatic rings. The molecule has 0 unspecified atom stereocenters. The molecule has 0 saturated carbocycles. The van der Waals surface area contributed by atoms with Crippen molar-refractivity contribution >= 4 is 17.6 Å². The minimum Gasteiger partial charge on any atom is -0.493 e. The second kappa shape index (κ2) is 10.4. The minimum absolute atomic E-state index is 0.0361. The number of hydrogen-bond donors (Lipinski definition) is 1. The van der Waals surface area contributed by atoms with Crippen LogP contribution in [-0.2, 0) is 14.3 Å². The monoisotopic (exact) mass is 417 g/mol. The molecule has 0 aliphatic heterocycles. The molecule has 0 fully saturated rings. The van der Waals surface area contributed by atoms with E-state index in [-0.39, 0.29) is 13.0 Å². The van der Waals surface area contributed by atoms with Gasteiger partial charge in [-0.15, -0.1) is 0 Å². The van der Waals surface area contributed by atoms with E-state index in [9.17, 15) is 9.59 Å². The zero-order valence-electron chi connectivity index (χ0n) is 18.1. The summed E-state index contributed by atoms with van der Waals surface area (Å²) in [5.41, 5.74) is 4.26. The molecule has 5 nitrogen and oxygen atoms in total. The van der Waals surface area contributed by atoms with Crippen LogP contribution in [0.4, 0.5) is 5.69 Å². The maximum absolute atomic E-state index is 13.0. The van der Waals surface area contributed by atoms with Crippen molar-refractivity contribution in [2.24, 2.45) is 0 Å². The van der Waals surface area contributed by atoms with Crippen molar-refractivity contribution in [2.75, 3.05) is 11.9 Å². The van der Waals surface area contributed by atoms with Gasteiger partial charge in [-0.25, -0.2) is 0 Å². The van der Waals surface area contributed by atoms with Crippen LogP contribution >= 0.6 is 0 Å². The fraction of sp³-hybridized carbons (Fsp3) is 0.231. The van der Waals surface area contributed by atoms with Gasteiger partial charge in [-0.2, -0.15) is 0 Å². The fourth-order valence-corrected chi connectivity index (χ4v) is 3.12. The number of hydrogen-bond acceptors (Lipinski definition) is 4. The first-order chi connectivity index (χ1) is 14.9. The molecule has 1 amide bonds. The molecule has 0 heterocycles. The largest absolute Gasteiger partial charge is 0.493 e. The highest BCUT2D eigenvalue weighted by molar-refractivity contribution is 5.96. The van der Waals surface area contributed by atoms with Gasteiger partial charge >= 0.3 is 5.97 Å². The first-order valence-corrected chi connectivity index (χ1v) is 10.2. The fourth-order valence-electron chi connectivity index (χ4n) is 3.12. The Kier molecular flexibility index (Phi) is 7.44. The lowest BCUT2D eigenvalue weighted by Gasteiger charge is -2.19. The molecule has 0 saturated heterocycles. The number of rotatable bonds is 8. The Morgan fingerprint density at radius 3 is 2.32 bits per heavy atom. The van der Waals surface area contributed by atoms with Gasteiger partial charge in [0.25, 0.3) is 5.91 Å². The van der Waals surface area contributed by atoms with E-state index in [4.69, 9.17) is 9.47 Å². The van der Waals surface area contributed by atoms with Crippen molar-refractivity contribution in [3.05, 3.63) is 95.1 Å². The molecular weight excluding hydrogens is 390 g/mol. The summed E-state index contributed by atoms with van der Waals surface area (Å²) in [6.07, 6.45) is -1.01. The zero-order chi connectivity index (χ0) is 22.2. The number of benzene rings is 3. The topological polar surface area (TPSA) is 64.6 Å². The SMILES string of the molecule is Cc1ccc(C)c(NC(=O)[C@@H](OC(=O)CCOc2ccccc2C)c2ccccc2)c1. The lowest BCUT2D eigenvalue weighted by atomic mass is 10.1. The molecule has 5 heteroatoms. The van der Waals surface area contributed by atoms with Crippen LogP contribution in [-0.4, -0.2) is 18.5 Å². The Hall–Kier alpha value is -3.60. The first-order valence-electron chi connectivity index (χ1n) is 10.2. The van der Waals surface area contributed by atoms with Gasteiger partial charge < -0.3 is 14.8 Å². The Morgan fingerprint density at radius 2 is 1.58 bits per heavy atom. The number of aryl methyl sites for hydroxylation is 3. The van der Waals surface area contributed by atoms with Gasteiger partial charge in [0.15, 0.2) is 0 Å². The van der Waals surface area contributed by atoms with E-state index in [1.165, 1.54) is 0 Å². The standard InChI is InChI=1S/C26H27NO4/c1-18-13-14-19(2)22(17-18)27-26(29)25(21-10-5-4-6-11-21)31-24(28)15-16-30-23-12-8-7-9-20(23)3/h4-14,17,25H,15-16H2,1-3H3,(H,27,29)/t25-/m0/s1. The third-order valence-corrected chi connectivity index (χ3v) is 4.90. The summed E-state index contributed by atoms with van der Waals surface area (Å²) >= 11 is 0. The molecule has 0 aliphatic carbocycles. The highest BCUT2D eigenvalue weighted by Gasteiger charge is 2.25. The summed E-state index contributed by atoms with van der Waals surface area (Å²) in [4.78, 5) is 25.5. The van der Waals surface area contributed by atoms with E-state index in [1.807, 2.05) is 81.4 Å². The van der Waals surface area contributed by atoms with Gasteiger partial charge in [0.1, 0.15) is 5.75 Å². The van der Waals surface area contributed by atoms with E-state index in [0.29, 0.717) is 11.3 Å². The van der Waals surface area contributed by atoms with E-state index in [1.54, 1.807) is 12.1 Å². The van der Waals surface area contributed by atoms with Crippen molar-refractivity contribution in [2.45, 2.75) is 33.3 Å². The van der Waals surface area contributed by atoms with Gasteiger partial charge in [0.2, 0.25) is 6.10 Å². The lowest BCUT2D eigenvalue weighted by Crippen LogP contribution is -2.26. The smallest absolute Gasteiger partial charge is 0.310 e. The predicted molar refractivity (Wildman–Crippen MR) is 121 cm³/mol. The first kappa shape index (κ1) is 22.1. The van der Waals surface area contributed by atoms with Gasteiger partial charge in [-0.3, -0.25) is 9.59 Å². The zero-order valence-corrected chi connectivity index (χ0v) is 18.1. The normalized spacial score (nSPS) is 11.5. The Labute approximate surface area is 183 Å². The van der Waals surface area contributed by atoms with Crippen LogP contribution in [0.1, 0.15) is 34.8 Å². The molecule has 31 heavy (non-hydrogen) atoms. The summed E-state index contributed by atoms with van der Waals surface area (Å²) in [5, 5.41) is 2.90. The van der Waals surface area contributed by atoms with E-state index < -0.39 is 18.0 Å². The molecule has 3 rings (SSSR count). The molecular formula is C26H27NO4. The molecule has 3 aromatic rings. The summed E-state index contributed by atoms with van der Waals surface area (Å²) in [7, 11) is 0. The van der Waals surface area contributed by atoms with Crippen LogP contribution in [0.25, 0.3) is 0 Å². The van der Waals surface area contributed by atoms with Crippen molar-refractivity contribution in [3.8, 4) is 5.75 Å². The third kappa shape index (κ3) is 6.19. The van der Waals surface area contributed by atoms with Crippen LogP contribution in [0.15, 0.2) is 72.8 Å². The van der Waals surface area contributed by atoms with Gasteiger partial charge in [-0.1, -0.05) is 60.7 Å². The van der Waals surface area contributed by atoms with Crippen LogP contribution in [0, 0.1) is 20.8 Å². The Bertz CT molecular complexity index is 1050. The number of esters is 1. The lowest BCUT2D eigenvalue weighted by molar-refractivity contribution is -0.155. The number of anilines is 1. The average Bonchev–Trinajstić information content (AvgIpc) is 2.76. The van der Waals surface area contributed by atoms with E-state index in [2.05, 4.69) is 5.32 Å². The number of para-hydroxylation sites is 1. The Morgan fingerprint density at radius 1 is 0.871 bits per heavy atom. The maximum Gasteiger partial charge on any atom is 0.310 e. The molecule has 3 aromatic carbocycles. The molecule has 1 atom stereocenters. The molecule has 0 bridgehead atoms. The number of ether oxygens (including phenoxy) is 2. The van der Waals surface area contributed by atoms with Crippen molar-refractivity contribution in [3.63, 3.8) is 0 Å². The second-order valence-electron chi connectivity index (χ2n) is 7.45. The van der Waals surface area contributed by atoms with Crippen molar-refractivity contribution in [1.82, 2.24) is 0 Å². The highest BCUT2D eigenvalue weighted by Crippen LogP contribution is 2.23. The van der Waals surface area contributed by atoms with Gasteiger partial charge in [0.05, 0.1) is 13.0 Å². The van der Waals surface area contributed by atoms with E-state index in [0.717, 1.165) is 22.4 Å². The van der Waals surface area contributed by atoms with Gasteiger partial charge in [-0.05, 0) is 49.6 Å². The second-order valence-corrected chi connectivity index (χ2v) is 7.45. The third-order valence-electron chi connectivity index (χ3n) is 4.90. The molecule has 1 N–H and O–H groups in total. The maximum atomic E-state index is 13.0. The number of carbonyl (C=O) groups is 2. The predicted octanol–water partition coefficient (Wildman–Crippen LogP) is 5.30. The summed E-state index contributed by atoms with van der Waals surface area (Å²) in [5.74, 6) is -0.172. The Balaban J connectivity index is 1.67. The van der Waals surface area contributed by atoms with E-state index >= 15 is 0 Å². The number of carbonyl (C=O) groups excluding carboxylic acids is 2. The molecule has 160 valence electrons. The van der Waals surface area contributed by atoms with Crippen molar-refractivity contribution in [1.29, 1.82) is 0 Å². The molecule has 0 spiro atoms. The van der Waals surface area contributed by atoms with Crippen LogP contribution in [0.5, 0.6) is 5.75 Å². The highest BCUT2D eigenvalue weighted by atomic mass is 16.6. The number of amides is 1. The molecule has 0 aromatic heterocycles.